The Bertz CT molecular complexity index is 986. The van der Waals surface area contributed by atoms with Crippen molar-refractivity contribution in [3.8, 4) is 17.2 Å². The molecule has 10 heteroatoms. The summed E-state index contributed by atoms with van der Waals surface area (Å²) in [5.41, 5.74) is 3.27. The largest absolute Gasteiger partial charge is 0.493 e. The van der Waals surface area contributed by atoms with E-state index in [-0.39, 0.29) is 16.5 Å². The van der Waals surface area contributed by atoms with Crippen molar-refractivity contribution in [3.05, 3.63) is 51.5 Å². The van der Waals surface area contributed by atoms with Crippen LogP contribution in [0.3, 0.4) is 0 Å². The van der Waals surface area contributed by atoms with Gasteiger partial charge in [0.15, 0.2) is 11.5 Å². The number of carbonyl (C=O) groups excluding carboxylic acids is 2. The van der Waals surface area contributed by atoms with E-state index < -0.39 is 17.9 Å². The third kappa shape index (κ3) is 6.27. The number of ether oxygens (including phenoxy) is 3. The van der Waals surface area contributed by atoms with E-state index >= 15 is 0 Å². The van der Waals surface area contributed by atoms with Gasteiger partial charge in [-0.05, 0) is 36.2 Å². The maximum absolute atomic E-state index is 12.7. The van der Waals surface area contributed by atoms with Crippen LogP contribution in [0.5, 0.6) is 17.2 Å². The fraction of sp³-hybridized carbons (Fsp3) is 0.318. The average molecular weight is 482 g/mol. The second kappa shape index (κ2) is 11.6. The molecule has 1 unspecified atom stereocenters. The molecular formula is C22H25Cl2N3O5. The standard InChI is InChI=1S/C22H25Cl2N3O5/c1-12(2)19(26-21(28)15-7-6-14(23)10-16(15)24)22(29)27-25-11-13-8-17(30-3)20(32-5)18(9-13)31-4/h6-12,19H,1-5H3,(H,26,28)(H,27,29)/b25-11-. The lowest BCUT2D eigenvalue weighted by atomic mass is 10.0. The van der Waals surface area contributed by atoms with Gasteiger partial charge in [-0.1, -0.05) is 37.0 Å². The van der Waals surface area contributed by atoms with Gasteiger partial charge in [0.1, 0.15) is 6.04 Å². The highest BCUT2D eigenvalue weighted by Crippen LogP contribution is 2.37. The average Bonchev–Trinajstić information content (AvgIpc) is 2.76. The number of nitrogens with one attached hydrogen (secondary N) is 2. The normalized spacial score (nSPS) is 11.9. The number of benzene rings is 2. The van der Waals surface area contributed by atoms with Gasteiger partial charge in [0.25, 0.3) is 11.8 Å². The van der Waals surface area contributed by atoms with Crippen molar-refractivity contribution >= 4 is 41.2 Å². The number of hydrogen-bond acceptors (Lipinski definition) is 6. The zero-order chi connectivity index (χ0) is 23.8. The minimum atomic E-state index is -0.841. The quantitative estimate of drug-likeness (QED) is 0.417. The van der Waals surface area contributed by atoms with Gasteiger partial charge >= 0.3 is 0 Å². The van der Waals surface area contributed by atoms with Crippen molar-refractivity contribution in [2.45, 2.75) is 19.9 Å². The molecule has 1 atom stereocenters. The van der Waals surface area contributed by atoms with E-state index in [4.69, 9.17) is 37.4 Å². The molecule has 0 radical (unpaired) electrons. The lowest BCUT2D eigenvalue weighted by Crippen LogP contribution is -2.48. The summed E-state index contributed by atoms with van der Waals surface area (Å²) < 4.78 is 15.9. The van der Waals surface area contributed by atoms with Crippen LogP contribution in [0.25, 0.3) is 0 Å². The summed E-state index contributed by atoms with van der Waals surface area (Å²) >= 11 is 12.0. The number of rotatable bonds is 9. The molecule has 2 aromatic rings. The van der Waals surface area contributed by atoms with Gasteiger partial charge in [-0.25, -0.2) is 5.43 Å². The summed E-state index contributed by atoms with van der Waals surface area (Å²) in [7, 11) is 4.51. The van der Waals surface area contributed by atoms with Crippen LogP contribution >= 0.6 is 23.2 Å². The molecule has 0 saturated heterocycles. The number of carbonyl (C=O) groups is 2. The third-order valence-corrected chi connectivity index (χ3v) is 5.03. The van der Waals surface area contributed by atoms with Crippen LogP contribution in [-0.2, 0) is 4.79 Å². The van der Waals surface area contributed by atoms with E-state index in [1.54, 1.807) is 32.0 Å². The number of amides is 2. The predicted octanol–water partition coefficient (Wildman–Crippen LogP) is 3.92. The Hall–Kier alpha value is -2.97. The SMILES string of the molecule is COc1cc(/C=N\NC(=O)C(NC(=O)c2ccc(Cl)cc2Cl)C(C)C)cc(OC)c1OC. The lowest BCUT2D eigenvalue weighted by Gasteiger charge is -2.20. The molecule has 2 aromatic carbocycles. The van der Waals surface area contributed by atoms with Gasteiger partial charge < -0.3 is 19.5 Å². The van der Waals surface area contributed by atoms with Gasteiger partial charge in [-0.2, -0.15) is 5.10 Å². The van der Waals surface area contributed by atoms with E-state index in [1.807, 2.05) is 0 Å². The van der Waals surface area contributed by atoms with E-state index in [2.05, 4.69) is 15.8 Å². The minimum absolute atomic E-state index is 0.193. The Balaban J connectivity index is 2.13. The Morgan fingerprint density at radius 1 is 1.00 bits per heavy atom. The molecule has 0 aliphatic carbocycles. The predicted molar refractivity (Wildman–Crippen MR) is 124 cm³/mol. The van der Waals surface area contributed by atoms with Gasteiger partial charge in [0.05, 0.1) is 38.1 Å². The molecule has 2 N–H and O–H groups in total. The first-order valence-electron chi connectivity index (χ1n) is 9.60. The highest BCUT2D eigenvalue weighted by atomic mass is 35.5. The summed E-state index contributed by atoms with van der Waals surface area (Å²) in [5, 5.41) is 7.27. The van der Waals surface area contributed by atoms with Crippen molar-refractivity contribution in [1.82, 2.24) is 10.7 Å². The van der Waals surface area contributed by atoms with Crippen molar-refractivity contribution in [2.24, 2.45) is 11.0 Å². The molecule has 2 amide bonds. The molecule has 0 aliphatic rings. The van der Waals surface area contributed by atoms with Crippen LogP contribution in [0.1, 0.15) is 29.8 Å². The molecule has 0 heterocycles. The molecule has 8 nitrogen and oxygen atoms in total. The molecule has 0 aromatic heterocycles. The van der Waals surface area contributed by atoms with Crippen LogP contribution in [0, 0.1) is 5.92 Å². The van der Waals surface area contributed by atoms with E-state index in [0.717, 1.165) is 0 Å². The van der Waals surface area contributed by atoms with Crippen LogP contribution in [0.4, 0.5) is 0 Å². The lowest BCUT2D eigenvalue weighted by molar-refractivity contribution is -0.123. The maximum atomic E-state index is 12.7. The summed E-state index contributed by atoms with van der Waals surface area (Å²) in [6.07, 6.45) is 1.43. The summed E-state index contributed by atoms with van der Waals surface area (Å²) in [6.45, 7) is 3.60. The monoisotopic (exact) mass is 481 g/mol. The van der Waals surface area contributed by atoms with Gasteiger partial charge in [-0.3, -0.25) is 9.59 Å². The molecular weight excluding hydrogens is 457 g/mol. The zero-order valence-corrected chi connectivity index (χ0v) is 19.9. The topological polar surface area (TPSA) is 98.2 Å². The molecule has 172 valence electrons. The third-order valence-electron chi connectivity index (χ3n) is 4.49. The van der Waals surface area contributed by atoms with Crippen LogP contribution in [0.15, 0.2) is 35.4 Å². The first kappa shape index (κ1) is 25.3. The smallest absolute Gasteiger partial charge is 0.262 e. The van der Waals surface area contributed by atoms with Crippen molar-refractivity contribution in [2.75, 3.05) is 21.3 Å². The van der Waals surface area contributed by atoms with Crippen LogP contribution in [-0.4, -0.2) is 45.4 Å². The second-order valence-electron chi connectivity index (χ2n) is 7.01. The summed E-state index contributed by atoms with van der Waals surface area (Å²) in [5.74, 6) is 0.163. The Labute approximate surface area is 196 Å². The minimum Gasteiger partial charge on any atom is -0.493 e. The van der Waals surface area contributed by atoms with Crippen LogP contribution in [0.2, 0.25) is 10.0 Å². The maximum Gasteiger partial charge on any atom is 0.262 e. The fourth-order valence-electron chi connectivity index (χ4n) is 2.84. The highest BCUT2D eigenvalue weighted by molar-refractivity contribution is 6.36. The Morgan fingerprint density at radius 3 is 2.12 bits per heavy atom. The zero-order valence-electron chi connectivity index (χ0n) is 18.4. The summed E-state index contributed by atoms with van der Waals surface area (Å²) in [4.78, 5) is 25.3. The number of halogens is 2. The van der Waals surface area contributed by atoms with Gasteiger partial charge in [0.2, 0.25) is 5.75 Å². The molecule has 0 fully saturated rings. The van der Waals surface area contributed by atoms with Crippen molar-refractivity contribution in [1.29, 1.82) is 0 Å². The number of hydrogen-bond donors (Lipinski definition) is 2. The van der Waals surface area contributed by atoms with Crippen molar-refractivity contribution < 1.29 is 23.8 Å². The van der Waals surface area contributed by atoms with E-state index in [1.165, 1.54) is 39.7 Å². The summed E-state index contributed by atoms with van der Waals surface area (Å²) in [6, 6.07) is 7.03. The van der Waals surface area contributed by atoms with Crippen LogP contribution < -0.4 is 25.0 Å². The molecule has 0 aliphatic heterocycles. The molecule has 0 spiro atoms. The Morgan fingerprint density at radius 2 is 1.62 bits per heavy atom. The Kier molecular flexibility index (Phi) is 9.16. The first-order valence-corrected chi connectivity index (χ1v) is 10.4. The van der Waals surface area contributed by atoms with Gasteiger partial charge in [-0.15, -0.1) is 0 Å². The van der Waals surface area contributed by atoms with E-state index in [9.17, 15) is 9.59 Å². The number of methoxy groups -OCH3 is 3. The fourth-order valence-corrected chi connectivity index (χ4v) is 3.34. The molecule has 0 saturated carbocycles. The highest BCUT2D eigenvalue weighted by Gasteiger charge is 2.25. The number of nitrogens with zero attached hydrogens (tertiary/aromatic N) is 1. The first-order chi connectivity index (χ1) is 15.2. The molecule has 0 bridgehead atoms. The van der Waals surface area contributed by atoms with Gasteiger partial charge in [0, 0.05) is 10.6 Å². The number of hydrazone groups is 1. The van der Waals surface area contributed by atoms with Crippen molar-refractivity contribution in [3.63, 3.8) is 0 Å². The molecule has 32 heavy (non-hydrogen) atoms. The molecule has 2 rings (SSSR count). The van der Waals surface area contributed by atoms with E-state index in [0.29, 0.717) is 27.8 Å². The second-order valence-corrected chi connectivity index (χ2v) is 7.86.